The van der Waals surface area contributed by atoms with Crippen LogP contribution in [0.3, 0.4) is 0 Å². The molecule has 0 amide bonds. The molecule has 0 aliphatic carbocycles. The molecular formula is C13H14N4. The van der Waals surface area contributed by atoms with E-state index in [4.69, 9.17) is 5.26 Å². The quantitative estimate of drug-likeness (QED) is 0.861. The Morgan fingerprint density at radius 3 is 2.65 bits per heavy atom. The average Bonchev–Trinajstić information content (AvgIpc) is 2.76. The number of nitrogens with one attached hydrogen (secondary N) is 1. The lowest BCUT2D eigenvalue weighted by atomic mass is 10.1. The molecule has 0 radical (unpaired) electrons. The Labute approximate surface area is 101 Å². The third kappa shape index (κ3) is 2.92. The van der Waals surface area contributed by atoms with Crippen molar-refractivity contribution < 1.29 is 0 Å². The topological polar surface area (TPSA) is 53.6 Å². The van der Waals surface area contributed by atoms with Gasteiger partial charge in [-0.3, -0.25) is 0 Å². The van der Waals surface area contributed by atoms with Crippen LogP contribution in [-0.2, 0) is 20.1 Å². The second kappa shape index (κ2) is 5.28. The molecule has 1 N–H and O–H groups in total. The number of rotatable bonds is 4. The molecule has 0 saturated carbocycles. The zero-order chi connectivity index (χ0) is 12.1. The van der Waals surface area contributed by atoms with Crippen LogP contribution in [0.1, 0.15) is 17.0 Å². The number of imidazole rings is 1. The van der Waals surface area contributed by atoms with E-state index in [9.17, 15) is 0 Å². The molecule has 86 valence electrons. The summed E-state index contributed by atoms with van der Waals surface area (Å²) in [6, 6.07) is 9.69. The maximum Gasteiger partial charge on any atom is 0.122 e. The summed E-state index contributed by atoms with van der Waals surface area (Å²) in [5, 5.41) is 12.0. The van der Waals surface area contributed by atoms with Crippen molar-refractivity contribution in [3.8, 4) is 6.07 Å². The molecule has 0 saturated heterocycles. The molecule has 2 aromatic rings. The molecule has 0 aliphatic heterocycles. The summed E-state index contributed by atoms with van der Waals surface area (Å²) < 4.78 is 1.99. The van der Waals surface area contributed by atoms with Gasteiger partial charge in [0.1, 0.15) is 5.82 Å². The predicted molar refractivity (Wildman–Crippen MR) is 64.9 cm³/mol. The van der Waals surface area contributed by atoms with E-state index in [0.717, 1.165) is 18.9 Å². The number of hydrogen-bond donors (Lipinski definition) is 1. The Hall–Kier alpha value is -2.12. The standard InChI is InChI=1S/C13H14N4/c1-17-7-6-16-13(17)10-15-9-12-4-2-11(8-14)3-5-12/h2-7,15H,9-10H2,1H3. The van der Waals surface area contributed by atoms with Crippen LogP contribution < -0.4 is 5.32 Å². The zero-order valence-corrected chi connectivity index (χ0v) is 9.72. The van der Waals surface area contributed by atoms with E-state index in [0.29, 0.717) is 5.56 Å². The van der Waals surface area contributed by atoms with Crippen LogP contribution >= 0.6 is 0 Å². The van der Waals surface area contributed by atoms with Gasteiger partial charge in [0.05, 0.1) is 18.2 Å². The molecule has 0 bridgehead atoms. The van der Waals surface area contributed by atoms with E-state index in [2.05, 4.69) is 16.4 Å². The lowest BCUT2D eigenvalue weighted by Gasteiger charge is -2.05. The SMILES string of the molecule is Cn1ccnc1CNCc1ccc(C#N)cc1. The van der Waals surface area contributed by atoms with Gasteiger partial charge in [-0.05, 0) is 17.7 Å². The summed E-state index contributed by atoms with van der Waals surface area (Å²) in [7, 11) is 1.98. The number of hydrogen-bond acceptors (Lipinski definition) is 3. The fourth-order valence-corrected chi connectivity index (χ4v) is 1.58. The van der Waals surface area contributed by atoms with Gasteiger partial charge in [-0.25, -0.2) is 4.98 Å². The summed E-state index contributed by atoms with van der Waals surface area (Å²) in [6.07, 6.45) is 3.72. The third-order valence-electron chi connectivity index (χ3n) is 2.62. The Bertz CT molecular complexity index is 519. The van der Waals surface area contributed by atoms with Crippen molar-refractivity contribution in [2.45, 2.75) is 13.1 Å². The normalized spacial score (nSPS) is 10.1. The third-order valence-corrected chi connectivity index (χ3v) is 2.62. The van der Waals surface area contributed by atoms with Crippen LogP contribution in [0.15, 0.2) is 36.7 Å². The first-order chi connectivity index (χ1) is 8.29. The molecule has 0 unspecified atom stereocenters. The molecule has 17 heavy (non-hydrogen) atoms. The molecule has 1 heterocycles. The van der Waals surface area contributed by atoms with Crippen LogP contribution in [0.5, 0.6) is 0 Å². The molecule has 0 aliphatic rings. The van der Waals surface area contributed by atoms with Crippen LogP contribution in [0.4, 0.5) is 0 Å². The van der Waals surface area contributed by atoms with E-state index in [1.807, 2.05) is 42.1 Å². The fraction of sp³-hybridized carbons (Fsp3) is 0.231. The highest BCUT2D eigenvalue weighted by atomic mass is 15.1. The highest BCUT2D eigenvalue weighted by Gasteiger charge is 1.98. The molecule has 4 nitrogen and oxygen atoms in total. The Balaban J connectivity index is 1.86. The molecule has 0 atom stereocenters. The monoisotopic (exact) mass is 226 g/mol. The van der Waals surface area contributed by atoms with Crippen molar-refractivity contribution in [1.82, 2.24) is 14.9 Å². The molecule has 0 fully saturated rings. The lowest BCUT2D eigenvalue weighted by molar-refractivity contribution is 0.639. The van der Waals surface area contributed by atoms with Crippen LogP contribution in [-0.4, -0.2) is 9.55 Å². The zero-order valence-electron chi connectivity index (χ0n) is 9.72. The highest BCUT2D eigenvalue weighted by Crippen LogP contribution is 2.03. The Kier molecular flexibility index (Phi) is 3.53. The second-order valence-electron chi connectivity index (χ2n) is 3.87. The average molecular weight is 226 g/mol. The molecular weight excluding hydrogens is 212 g/mol. The highest BCUT2D eigenvalue weighted by molar-refractivity contribution is 5.31. The number of nitriles is 1. The Morgan fingerprint density at radius 2 is 2.06 bits per heavy atom. The van der Waals surface area contributed by atoms with E-state index in [-0.39, 0.29) is 0 Å². The maximum absolute atomic E-state index is 8.68. The van der Waals surface area contributed by atoms with Crippen LogP contribution in [0.25, 0.3) is 0 Å². The van der Waals surface area contributed by atoms with Gasteiger partial charge in [-0.1, -0.05) is 12.1 Å². The van der Waals surface area contributed by atoms with Gasteiger partial charge in [-0.15, -0.1) is 0 Å². The number of aromatic nitrogens is 2. The van der Waals surface area contributed by atoms with Gasteiger partial charge in [0.15, 0.2) is 0 Å². The maximum atomic E-state index is 8.68. The molecule has 0 spiro atoms. The van der Waals surface area contributed by atoms with E-state index in [1.165, 1.54) is 5.56 Å². The van der Waals surface area contributed by atoms with Crippen molar-refractivity contribution in [1.29, 1.82) is 5.26 Å². The van der Waals surface area contributed by atoms with Crippen molar-refractivity contribution >= 4 is 0 Å². The molecule has 2 rings (SSSR count). The summed E-state index contributed by atoms with van der Waals surface area (Å²) >= 11 is 0. The van der Waals surface area contributed by atoms with Crippen molar-refractivity contribution in [3.63, 3.8) is 0 Å². The smallest absolute Gasteiger partial charge is 0.122 e. The van der Waals surface area contributed by atoms with Crippen LogP contribution in [0, 0.1) is 11.3 Å². The lowest BCUT2D eigenvalue weighted by Crippen LogP contribution is -2.15. The summed E-state index contributed by atoms with van der Waals surface area (Å²) in [5.41, 5.74) is 1.86. The summed E-state index contributed by atoms with van der Waals surface area (Å²) in [4.78, 5) is 4.23. The minimum atomic E-state index is 0.692. The summed E-state index contributed by atoms with van der Waals surface area (Å²) in [6.45, 7) is 1.52. The Morgan fingerprint density at radius 1 is 1.29 bits per heavy atom. The second-order valence-corrected chi connectivity index (χ2v) is 3.87. The minimum absolute atomic E-state index is 0.692. The van der Waals surface area contributed by atoms with Gasteiger partial charge in [-0.2, -0.15) is 5.26 Å². The largest absolute Gasteiger partial charge is 0.337 e. The van der Waals surface area contributed by atoms with Crippen molar-refractivity contribution in [3.05, 3.63) is 53.6 Å². The first kappa shape index (κ1) is 11.4. The minimum Gasteiger partial charge on any atom is -0.337 e. The number of benzene rings is 1. The van der Waals surface area contributed by atoms with E-state index in [1.54, 1.807) is 6.20 Å². The fourth-order valence-electron chi connectivity index (χ4n) is 1.58. The first-order valence-electron chi connectivity index (χ1n) is 5.45. The van der Waals surface area contributed by atoms with Gasteiger partial charge >= 0.3 is 0 Å². The van der Waals surface area contributed by atoms with Gasteiger partial charge in [0.2, 0.25) is 0 Å². The van der Waals surface area contributed by atoms with Crippen LogP contribution in [0.2, 0.25) is 0 Å². The predicted octanol–water partition coefficient (Wildman–Crippen LogP) is 1.58. The summed E-state index contributed by atoms with van der Waals surface area (Å²) in [5.74, 6) is 1.01. The van der Waals surface area contributed by atoms with E-state index >= 15 is 0 Å². The van der Waals surface area contributed by atoms with E-state index < -0.39 is 0 Å². The van der Waals surface area contributed by atoms with Gasteiger partial charge in [0, 0.05) is 26.0 Å². The molecule has 1 aromatic carbocycles. The van der Waals surface area contributed by atoms with Crippen molar-refractivity contribution in [2.75, 3.05) is 0 Å². The van der Waals surface area contributed by atoms with Gasteiger partial charge < -0.3 is 9.88 Å². The molecule has 4 heteroatoms. The number of nitrogens with zero attached hydrogens (tertiary/aromatic N) is 3. The van der Waals surface area contributed by atoms with Gasteiger partial charge in [0.25, 0.3) is 0 Å². The number of aryl methyl sites for hydroxylation is 1. The molecule has 1 aromatic heterocycles. The first-order valence-corrected chi connectivity index (χ1v) is 5.45. The van der Waals surface area contributed by atoms with Crippen molar-refractivity contribution in [2.24, 2.45) is 7.05 Å².